The first-order valence-electron chi connectivity index (χ1n) is 8.15. The van der Waals surface area contributed by atoms with E-state index in [1.54, 1.807) is 0 Å². The standard InChI is InChI=1S/C19H27NS/c1-3-5-8-13-21-15-19(20-4-2)18-12-11-16-9-6-7-10-17(16)14-18/h6-7,9-12,14,19-20H,3-5,8,13,15H2,1-2H3. The Bertz CT molecular complexity index is 538. The van der Waals surface area contributed by atoms with Crippen LogP contribution in [-0.2, 0) is 0 Å². The molecule has 2 aromatic carbocycles. The van der Waals surface area contributed by atoms with Gasteiger partial charge in [0.15, 0.2) is 0 Å². The minimum Gasteiger partial charge on any atom is -0.310 e. The van der Waals surface area contributed by atoms with Gasteiger partial charge in [0.1, 0.15) is 0 Å². The molecule has 0 bridgehead atoms. The van der Waals surface area contributed by atoms with E-state index in [2.05, 4.69) is 73.4 Å². The second-order valence-electron chi connectivity index (χ2n) is 5.50. The lowest BCUT2D eigenvalue weighted by Gasteiger charge is -2.18. The van der Waals surface area contributed by atoms with Gasteiger partial charge in [-0.1, -0.05) is 63.1 Å². The Labute approximate surface area is 133 Å². The highest BCUT2D eigenvalue weighted by molar-refractivity contribution is 7.99. The number of unbranched alkanes of at least 4 members (excludes halogenated alkanes) is 2. The first-order valence-corrected chi connectivity index (χ1v) is 9.30. The van der Waals surface area contributed by atoms with E-state index in [9.17, 15) is 0 Å². The molecule has 0 aromatic heterocycles. The van der Waals surface area contributed by atoms with Crippen LogP contribution < -0.4 is 5.32 Å². The molecule has 2 aromatic rings. The van der Waals surface area contributed by atoms with Gasteiger partial charge in [0.25, 0.3) is 0 Å². The topological polar surface area (TPSA) is 12.0 Å². The van der Waals surface area contributed by atoms with E-state index < -0.39 is 0 Å². The van der Waals surface area contributed by atoms with Crippen LogP contribution in [-0.4, -0.2) is 18.1 Å². The molecule has 0 saturated carbocycles. The Morgan fingerprint density at radius 1 is 1.00 bits per heavy atom. The van der Waals surface area contributed by atoms with E-state index in [4.69, 9.17) is 0 Å². The molecule has 1 N–H and O–H groups in total. The number of thioether (sulfide) groups is 1. The van der Waals surface area contributed by atoms with Crippen molar-refractivity contribution in [3.05, 3.63) is 48.0 Å². The van der Waals surface area contributed by atoms with Crippen LogP contribution in [0.4, 0.5) is 0 Å². The van der Waals surface area contributed by atoms with Crippen LogP contribution in [0.15, 0.2) is 42.5 Å². The summed E-state index contributed by atoms with van der Waals surface area (Å²) < 4.78 is 0. The molecular weight excluding hydrogens is 274 g/mol. The lowest BCUT2D eigenvalue weighted by molar-refractivity contribution is 0.606. The second kappa shape index (κ2) is 9.11. The normalized spacial score (nSPS) is 12.7. The molecule has 0 spiro atoms. The van der Waals surface area contributed by atoms with Crippen LogP contribution in [0.3, 0.4) is 0 Å². The zero-order valence-electron chi connectivity index (χ0n) is 13.3. The molecule has 0 aliphatic rings. The second-order valence-corrected chi connectivity index (χ2v) is 6.65. The minimum absolute atomic E-state index is 0.464. The Balaban J connectivity index is 2.01. The number of fused-ring (bicyclic) bond motifs is 1. The van der Waals surface area contributed by atoms with Crippen molar-refractivity contribution in [2.75, 3.05) is 18.1 Å². The SMILES string of the molecule is CCCCCSCC(NCC)c1ccc2ccccc2c1. The zero-order chi connectivity index (χ0) is 14.9. The highest BCUT2D eigenvalue weighted by atomic mass is 32.2. The number of nitrogens with one attached hydrogen (secondary N) is 1. The molecule has 0 heterocycles. The molecule has 2 heteroatoms. The number of hydrogen-bond donors (Lipinski definition) is 1. The van der Waals surface area contributed by atoms with E-state index in [1.807, 2.05) is 0 Å². The van der Waals surface area contributed by atoms with E-state index in [-0.39, 0.29) is 0 Å². The summed E-state index contributed by atoms with van der Waals surface area (Å²) in [4.78, 5) is 0. The lowest BCUT2D eigenvalue weighted by Crippen LogP contribution is -2.23. The monoisotopic (exact) mass is 301 g/mol. The third-order valence-electron chi connectivity index (χ3n) is 3.80. The summed E-state index contributed by atoms with van der Waals surface area (Å²) in [6, 6.07) is 15.9. The summed E-state index contributed by atoms with van der Waals surface area (Å²) in [5.41, 5.74) is 1.42. The molecule has 1 unspecified atom stereocenters. The van der Waals surface area contributed by atoms with Gasteiger partial charge in [0.2, 0.25) is 0 Å². The lowest BCUT2D eigenvalue weighted by atomic mass is 10.0. The van der Waals surface area contributed by atoms with Gasteiger partial charge in [-0.05, 0) is 41.1 Å². The third-order valence-corrected chi connectivity index (χ3v) is 4.95. The summed E-state index contributed by atoms with van der Waals surface area (Å²) >= 11 is 2.08. The van der Waals surface area contributed by atoms with Gasteiger partial charge in [-0.2, -0.15) is 11.8 Å². The fourth-order valence-electron chi connectivity index (χ4n) is 2.60. The van der Waals surface area contributed by atoms with Gasteiger partial charge in [-0.25, -0.2) is 0 Å². The number of hydrogen-bond acceptors (Lipinski definition) is 2. The fourth-order valence-corrected chi connectivity index (χ4v) is 3.72. The molecule has 0 aliphatic carbocycles. The Hall–Kier alpha value is -0.990. The van der Waals surface area contributed by atoms with Crippen molar-refractivity contribution < 1.29 is 0 Å². The third kappa shape index (κ3) is 5.05. The first-order chi connectivity index (χ1) is 10.3. The summed E-state index contributed by atoms with van der Waals surface area (Å²) in [6.45, 7) is 5.48. The smallest absolute Gasteiger partial charge is 0.0411 e. The van der Waals surface area contributed by atoms with E-state index >= 15 is 0 Å². The molecule has 0 fully saturated rings. The molecule has 21 heavy (non-hydrogen) atoms. The molecule has 114 valence electrons. The highest BCUT2D eigenvalue weighted by Gasteiger charge is 2.10. The van der Waals surface area contributed by atoms with Gasteiger partial charge in [0.05, 0.1) is 0 Å². The van der Waals surface area contributed by atoms with Crippen LogP contribution in [0.5, 0.6) is 0 Å². The first kappa shape index (κ1) is 16.4. The minimum atomic E-state index is 0.464. The predicted molar refractivity (Wildman–Crippen MR) is 97.2 cm³/mol. The molecule has 1 nitrogen and oxygen atoms in total. The summed E-state index contributed by atoms with van der Waals surface area (Å²) in [6.07, 6.45) is 4.01. The molecule has 2 rings (SSSR count). The highest BCUT2D eigenvalue weighted by Crippen LogP contribution is 2.23. The average Bonchev–Trinajstić information content (AvgIpc) is 2.53. The largest absolute Gasteiger partial charge is 0.310 e. The van der Waals surface area contributed by atoms with Crippen molar-refractivity contribution in [3.8, 4) is 0 Å². The Morgan fingerprint density at radius 2 is 1.81 bits per heavy atom. The van der Waals surface area contributed by atoms with Crippen LogP contribution >= 0.6 is 11.8 Å². The maximum absolute atomic E-state index is 3.63. The quantitative estimate of drug-likeness (QED) is 0.621. The number of benzene rings is 2. The van der Waals surface area contributed by atoms with E-state index in [0.29, 0.717) is 6.04 Å². The van der Waals surface area contributed by atoms with Crippen molar-refractivity contribution in [2.45, 2.75) is 39.2 Å². The maximum atomic E-state index is 3.63. The predicted octanol–water partition coefficient (Wildman–Crippen LogP) is 5.41. The van der Waals surface area contributed by atoms with Gasteiger partial charge < -0.3 is 5.32 Å². The van der Waals surface area contributed by atoms with Gasteiger partial charge in [-0.15, -0.1) is 0 Å². The molecule has 0 amide bonds. The fraction of sp³-hybridized carbons (Fsp3) is 0.474. The van der Waals surface area contributed by atoms with Crippen LogP contribution in [0.1, 0.15) is 44.7 Å². The van der Waals surface area contributed by atoms with E-state index in [1.165, 1.54) is 41.4 Å². The zero-order valence-corrected chi connectivity index (χ0v) is 14.1. The van der Waals surface area contributed by atoms with Gasteiger partial charge in [0, 0.05) is 11.8 Å². The van der Waals surface area contributed by atoms with Gasteiger partial charge in [-0.3, -0.25) is 0 Å². The Morgan fingerprint density at radius 3 is 2.57 bits per heavy atom. The molecule has 0 radical (unpaired) electrons. The van der Waals surface area contributed by atoms with E-state index in [0.717, 1.165) is 12.3 Å². The number of rotatable bonds is 9. The molecule has 0 saturated heterocycles. The summed E-state index contributed by atoms with van der Waals surface area (Å²) in [5, 5.41) is 6.30. The van der Waals surface area contributed by atoms with Crippen molar-refractivity contribution in [1.29, 1.82) is 0 Å². The van der Waals surface area contributed by atoms with Crippen molar-refractivity contribution in [1.82, 2.24) is 5.32 Å². The maximum Gasteiger partial charge on any atom is 0.0411 e. The summed E-state index contributed by atoms with van der Waals surface area (Å²) in [7, 11) is 0. The van der Waals surface area contributed by atoms with Crippen molar-refractivity contribution >= 4 is 22.5 Å². The van der Waals surface area contributed by atoms with Crippen molar-refractivity contribution in [3.63, 3.8) is 0 Å². The van der Waals surface area contributed by atoms with Gasteiger partial charge >= 0.3 is 0 Å². The molecule has 0 aliphatic heterocycles. The van der Waals surface area contributed by atoms with Crippen LogP contribution in [0.25, 0.3) is 10.8 Å². The Kier molecular flexibility index (Phi) is 7.11. The molecule has 1 atom stereocenters. The van der Waals surface area contributed by atoms with Crippen molar-refractivity contribution in [2.24, 2.45) is 0 Å². The molecular formula is C19H27NS. The van der Waals surface area contributed by atoms with Crippen LogP contribution in [0.2, 0.25) is 0 Å². The summed E-state index contributed by atoms with van der Waals surface area (Å²) in [5.74, 6) is 2.44. The van der Waals surface area contributed by atoms with Crippen LogP contribution in [0, 0.1) is 0 Å². The average molecular weight is 301 g/mol.